The SMILES string of the molecule is Nc1ccc(Br)cc1S(=O)(=O)NC1CCC1. The minimum Gasteiger partial charge on any atom is -0.398 e. The molecule has 0 bridgehead atoms. The van der Waals surface area contributed by atoms with E-state index in [0.29, 0.717) is 4.47 Å². The van der Waals surface area contributed by atoms with Gasteiger partial charge in [-0.25, -0.2) is 13.1 Å². The van der Waals surface area contributed by atoms with Crippen molar-refractivity contribution in [1.82, 2.24) is 4.72 Å². The van der Waals surface area contributed by atoms with E-state index in [2.05, 4.69) is 20.7 Å². The summed E-state index contributed by atoms with van der Waals surface area (Å²) in [6.07, 6.45) is 2.90. The molecule has 1 aromatic carbocycles. The fourth-order valence-corrected chi connectivity index (χ4v) is 3.52. The number of anilines is 1. The molecule has 0 spiro atoms. The van der Waals surface area contributed by atoms with Gasteiger partial charge in [0.25, 0.3) is 0 Å². The second kappa shape index (κ2) is 4.35. The summed E-state index contributed by atoms with van der Waals surface area (Å²) >= 11 is 3.24. The van der Waals surface area contributed by atoms with Gasteiger partial charge in [0.2, 0.25) is 10.0 Å². The van der Waals surface area contributed by atoms with Gasteiger partial charge in [-0.2, -0.15) is 0 Å². The zero-order valence-electron chi connectivity index (χ0n) is 8.61. The summed E-state index contributed by atoms with van der Waals surface area (Å²) in [6.45, 7) is 0. The first-order valence-corrected chi connectivity index (χ1v) is 7.34. The monoisotopic (exact) mass is 304 g/mol. The number of benzene rings is 1. The zero-order chi connectivity index (χ0) is 11.8. The zero-order valence-corrected chi connectivity index (χ0v) is 11.0. The molecular formula is C10H13BrN2O2S. The van der Waals surface area contributed by atoms with Crippen molar-refractivity contribution in [2.45, 2.75) is 30.2 Å². The molecule has 1 aromatic rings. The third-order valence-corrected chi connectivity index (χ3v) is 4.76. The van der Waals surface area contributed by atoms with Crippen molar-refractivity contribution in [3.05, 3.63) is 22.7 Å². The average Bonchev–Trinajstić information content (AvgIpc) is 2.16. The van der Waals surface area contributed by atoms with Gasteiger partial charge in [0.05, 0.1) is 5.69 Å². The van der Waals surface area contributed by atoms with E-state index in [1.165, 1.54) is 6.07 Å². The van der Waals surface area contributed by atoms with Crippen LogP contribution in [0.2, 0.25) is 0 Å². The van der Waals surface area contributed by atoms with Crippen LogP contribution >= 0.6 is 15.9 Å². The molecule has 0 saturated heterocycles. The van der Waals surface area contributed by atoms with Crippen molar-refractivity contribution in [2.75, 3.05) is 5.73 Å². The molecule has 1 aliphatic rings. The van der Waals surface area contributed by atoms with Gasteiger partial charge >= 0.3 is 0 Å². The fraction of sp³-hybridized carbons (Fsp3) is 0.400. The molecule has 0 heterocycles. The first-order chi connectivity index (χ1) is 7.49. The highest BCUT2D eigenvalue weighted by Crippen LogP contribution is 2.25. The highest BCUT2D eigenvalue weighted by atomic mass is 79.9. The Morgan fingerprint density at radius 2 is 2.06 bits per heavy atom. The molecule has 0 unspecified atom stereocenters. The molecule has 0 radical (unpaired) electrons. The third-order valence-electron chi connectivity index (χ3n) is 2.69. The first-order valence-electron chi connectivity index (χ1n) is 5.06. The summed E-state index contributed by atoms with van der Waals surface area (Å²) in [4.78, 5) is 0.147. The van der Waals surface area contributed by atoms with Crippen LogP contribution in [0.3, 0.4) is 0 Å². The van der Waals surface area contributed by atoms with Crippen molar-refractivity contribution in [3.8, 4) is 0 Å². The number of nitrogens with one attached hydrogen (secondary N) is 1. The Labute approximate surface area is 103 Å². The number of nitrogens with two attached hydrogens (primary N) is 1. The fourth-order valence-electron chi connectivity index (χ4n) is 1.55. The summed E-state index contributed by atoms with van der Waals surface area (Å²) in [5.74, 6) is 0. The lowest BCUT2D eigenvalue weighted by atomic mass is 9.94. The number of sulfonamides is 1. The Kier molecular flexibility index (Phi) is 3.23. The number of halogens is 1. The number of rotatable bonds is 3. The van der Waals surface area contributed by atoms with E-state index in [4.69, 9.17) is 5.73 Å². The van der Waals surface area contributed by atoms with Crippen LogP contribution in [0.15, 0.2) is 27.6 Å². The lowest BCUT2D eigenvalue weighted by Crippen LogP contribution is -2.39. The van der Waals surface area contributed by atoms with E-state index >= 15 is 0 Å². The molecule has 0 atom stereocenters. The third kappa shape index (κ3) is 2.39. The molecule has 3 N–H and O–H groups in total. The van der Waals surface area contributed by atoms with Gasteiger partial charge in [0.1, 0.15) is 4.90 Å². The van der Waals surface area contributed by atoms with E-state index in [0.717, 1.165) is 19.3 Å². The van der Waals surface area contributed by atoms with Gasteiger partial charge in [0, 0.05) is 10.5 Å². The summed E-state index contributed by atoms with van der Waals surface area (Å²) < 4.78 is 27.3. The minimum absolute atomic E-state index is 0.0726. The molecule has 1 aliphatic carbocycles. The van der Waals surface area contributed by atoms with Crippen LogP contribution in [0.25, 0.3) is 0 Å². The van der Waals surface area contributed by atoms with E-state index in [9.17, 15) is 8.42 Å². The van der Waals surface area contributed by atoms with E-state index in [1.807, 2.05) is 0 Å². The molecule has 1 saturated carbocycles. The van der Waals surface area contributed by atoms with E-state index < -0.39 is 10.0 Å². The topological polar surface area (TPSA) is 72.2 Å². The van der Waals surface area contributed by atoms with Crippen molar-refractivity contribution in [1.29, 1.82) is 0 Å². The largest absolute Gasteiger partial charge is 0.398 e. The van der Waals surface area contributed by atoms with Gasteiger partial charge in [-0.05, 0) is 31.0 Å². The Balaban J connectivity index is 2.30. The maximum Gasteiger partial charge on any atom is 0.242 e. The Bertz CT molecular complexity index is 498. The maximum atomic E-state index is 12.0. The Morgan fingerprint density at radius 3 is 2.62 bits per heavy atom. The summed E-state index contributed by atoms with van der Waals surface area (Å²) in [6, 6.07) is 4.90. The second-order valence-electron chi connectivity index (χ2n) is 3.93. The smallest absolute Gasteiger partial charge is 0.242 e. The molecule has 4 nitrogen and oxygen atoms in total. The van der Waals surface area contributed by atoms with Gasteiger partial charge in [0.15, 0.2) is 0 Å². The standard InChI is InChI=1S/C10H13BrN2O2S/c11-7-4-5-9(12)10(6-7)16(14,15)13-8-2-1-3-8/h4-6,8,13H,1-3,12H2. The van der Waals surface area contributed by atoms with Crippen LogP contribution < -0.4 is 10.5 Å². The molecular weight excluding hydrogens is 292 g/mol. The van der Waals surface area contributed by atoms with Crippen LogP contribution in [0.4, 0.5) is 5.69 Å². The van der Waals surface area contributed by atoms with Crippen LogP contribution in [0.1, 0.15) is 19.3 Å². The van der Waals surface area contributed by atoms with Gasteiger partial charge in [-0.1, -0.05) is 22.4 Å². The Morgan fingerprint density at radius 1 is 1.38 bits per heavy atom. The molecule has 2 rings (SSSR count). The van der Waals surface area contributed by atoms with Crippen LogP contribution in [0.5, 0.6) is 0 Å². The van der Waals surface area contributed by atoms with Crippen molar-refractivity contribution < 1.29 is 8.42 Å². The maximum absolute atomic E-state index is 12.0. The molecule has 88 valence electrons. The first kappa shape index (κ1) is 11.9. The quantitative estimate of drug-likeness (QED) is 0.837. The second-order valence-corrected chi connectivity index (χ2v) is 6.53. The molecule has 1 fully saturated rings. The van der Waals surface area contributed by atoms with Gasteiger partial charge < -0.3 is 5.73 Å². The van der Waals surface area contributed by atoms with Crippen molar-refractivity contribution in [3.63, 3.8) is 0 Å². The lowest BCUT2D eigenvalue weighted by Gasteiger charge is -2.26. The normalized spacial score (nSPS) is 17.1. The number of hydrogen-bond donors (Lipinski definition) is 2. The van der Waals surface area contributed by atoms with Gasteiger partial charge in [-0.15, -0.1) is 0 Å². The molecule has 0 amide bonds. The molecule has 16 heavy (non-hydrogen) atoms. The molecule has 6 heteroatoms. The van der Waals surface area contributed by atoms with Gasteiger partial charge in [-0.3, -0.25) is 0 Å². The predicted molar refractivity (Wildman–Crippen MR) is 66.5 cm³/mol. The van der Waals surface area contributed by atoms with E-state index in [-0.39, 0.29) is 16.6 Å². The van der Waals surface area contributed by atoms with Crippen LogP contribution in [-0.4, -0.2) is 14.5 Å². The molecule has 0 aliphatic heterocycles. The summed E-state index contributed by atoms with van der Waals surface area (Å²) in [5.41, 5.74) is 5.94. The summed E-state index contributed by atoms with van der Waals surface area (Å²) in [5, 5.41) is 0. The highest BCUT2D eigenvalue weighted by Gasteiger charge is 2.26. The van der Waals surface area contributed by atoms with Crippen LogP contribution in [-0.2, 0) is 10.0 Å². The highest BCUT2D eigenvalue weighted by molar-refractivity contribution is 9.10. The molecule has 0 aromatic heterocycles. The minimum atomic E-state index is -3.48. The Hall–Kier alpha value is -0.590. The average molecular weight is 305 g/mol. The number of nitrogen functional groups attached to an aromatic ring is 1. The van der Waals surface area contributed by atoms with Crippen molar-refractivity contribution in [2.24, 2.45) is 0 Å². The number of hydrogen-bond acceptors (Lipinski definition) is 3. The predicted octanol–water partition coefficient (Wildman–Crippen LogP) is 1.86. The van der Waals surface area contributed by atoms with Crippen molar-refractivity contribution >= 4 is 31.6 Å². The lowest BCUT2D eigenvalue weighted by molar-refractivity contribution is 0.383. The van der Waals surface area contributed by atoms with Crippen LogP contribution in [0, 0.1) is 0 Å². The van der Waals surface area contributed by atoms with E-state index in [1.54, 1.807) is 12.1 Å². The summed E-state index contributed by atoms with van der Waals surface area (Å²) in [7, 11) is -3.48.